The van der Waals surface area contributed by atoms with Gasteiger partial charge in [-0.05, 0) is 23.1 Å². The average molecular weight is 353 g/mol. The van der Waals surface area contributed by atoms with Gasteiger partial charge in [0.05, 0.1) is 5.39 Å². The molecule has 0 saturated heterocycles. The van der Waals surface area contributed by atoms with E-state index in [0.717, 1.165) is 21.7 Å². The lowest BCUT2D eigenvalue weighted by Crippen LogP contribution is -1.95. The Morgan fingerprint density at radius 2 is 1.54 bits per heavy atom. The Morgan fingerprint density at radius 3 is 2.46 bits per heavy atom. The van der Waals surface area contributed by atoms with Crippen LogP contribution in [0.5, 0.6) is 0 Å². The van der Waals surface area contributed by atoms with Crippen LogP contribution in [0.15, 0.2) is 85.2 Å². The highest BCUT2D eigenvalue weighted by Crippen LogP contribution is 2.36. The van der Waals surface area contributed by atoms with E-state index in [1.54, 1.807) is 17.7 Å². The molecule has 0 fully saturated rings. The zero-order valence-electron chi connectivity index (χ0n) is 13.9. The summed E-state index contributed by atoms with van der Waals surface area (Å²) in [6, 6.07) is 27.2. The van der Waals surface area contributed by atoms with Gasteiger partial charge < -0.3 is 5.32 Å². The highest BCUT2D eigenvalue weighted by Gasteiger charge is 2.11. The van der Waals surface area contributed by atoms with Crippen molar-refractivity contribution in [2.45, 2.75) is 0 Å². The van der Waals surface area contributed by atoms with Crippen LogP contribution < -0.4 is 5.32 Å². The fraction of sp³-hybridized carbons (Fsp3) is 0. The number of aromatic nitrogens is 2. The minimum absolute atomic E-state index is 0.838. The van der Waals surface area contributed by atoms with E-state index in [2.05, 4.69) is 88.1 Å². The van der Waals surface area contributed by atoms with Crippen molar-refractivity contribution < 1.29 is 0 Å². The maximum atomic E-state index is 4.50. The molecule has 5 rings (SSSR count). The van der Waals surface area contributed by atoms with Gasteiger partial charge in [0.2, 0.25) is 0 Å². The van der Waals surface area contributed by atoms with Crippen LogP contribution in [0, 0.1) is 0 Å². The normalized spacial score (nSPS) is 11.1. The zero-order chi connectivity index (χ0) is 17.3. The topological polar surface area (TPSA) is 37.8 Å². The van der Waals surface area contributed by atoms with Gasteiger partial charge in [-0.15, -0.1) is 11.3 Å². The predicted octanol–water partition coefficient (Wildman–Crippen LogP) is 6.26. The Balaban J connectivity index is 1.62. The first-order chi connectivity index (χ1) is 12.9. The number of fused-ring (bicyclic) bond motifs is 2. The molecule has 26 heavy (non-hydrogen) atoms. The van der Waals surface area contributed by atoms with E-state index >= 15 is 0 Å². The molecule has 0 unspecified atom stereocenters. The van der Waals surface area contributed by atoms with Crippen molar-refractivity contribution in [2.24, 2.45) is 0 Å². The lowest BCUT2D eigenvalue weighted by Gasteiger charge is -2.09. The molecule has 4 heteroatoms. The van der Waals surface area contributed by atoms with Crippen LogP contribution in [0.2, 0.25) is 0 Å². The summed E-state index contributed by atoms with van der Waals surface area (Å²) in [5.74, 6) is 0.838. The van der Waals surface area contributed by atoms with Crippen molar-refractivity contribution in [3.8, 4) is 10.4 Å². The van der Waals surface area contributed by atoms with Gasteiger partial charge in [0.1, 0.15) is 17.0 Å². The zero-order valence-corrected chi connectivity index (χ0v) is 14.7. The van der Waals surface area contributed by atoms with Gasteiger partial charge in [-0.25, -0.2) is 9.97 Å². The SMILES string of the molecule is c1ccc(-c2cc3c(Nc4cccc5ccccc45)ncnc3s2)cc1. The summed E-state index contributed by atoms with van der Waals surface area (Å²) in [4.78, 5) is 11.1. The Morgan fingerprint density at radius 1 is 0.731 bits per heavy atom. The average Bonchev–Trinajstić information content (AvgIpc) is 3.14. The van der Waals surface area contributed by atoms with Crippen LogP contribution in [-0.4, -0.2) is 9.97 Å². The summed E-state index contributed by atoms with van der Waals surface area (Å²) >= 11 is 1.69. The summed E-state index contributed by atoms with van der Waals surface area (Å²) in [7, 11) is 0. The van der Waals surface area contributed by atoms with Crippen LogP contribution >= 0.6 is 11.3 Å². The number of anilines is 2. The summed E-state index contributed by atoms with van der Waals surface area (Å²) in [5.41, 5.74) is 2.25. The molecule has 0 amide bonds. The summed E-state index contributed by atoms with van der Waals surface area (Å²) in [6.07, 6.45) is 1.63. The molecule has 124 valence electrons. The maximum absolute atomic E-state index is 4.50. The van der Waals surface area contributed by atoms with E-state index in [-0.39, 0.29) is 0 Å². The lowest BCUT2D eigenvalue weighted by molar-refractivity contribution is 1.23. The first-order valence-electron chi connectivity index (χ1n) is 8.43. The molecule has 5 aromatic rings. The van der Waals surface area contributed by atoms with Crippen molar-refractivity contribution in [3.05, 3.63) is 85.2 Å². The number of hydrogen-bond donors (Lipinski definition) is 1. The Hall–Kier alpha value is -3.24. The minimum atomic E-state index is 0.838. The third-order valence-electron chi connectivity index (χ3n) is 4.43. The van der Waals surface area contributed by atoms with Crippen molar-refractivity contribution in [3.63, 3.8) is 0 Å². The summed E-state index contributed by atoms with van der Waals surface area (Å²) in [5, 5.41) is 6.94. The first kappa shape index (κ1) is 15.0. The van der Waals surface area contributed by atoms with Crippen LogP contribution in [-0.2, 0) is 0 Å². The lowest BCUT2D eigenvalue weighted by atomic mass is 10.1. The van der Waals surface area contributed by atoms with E-state index in [4.69, 9.17) is 0 Å². The second kappa shape index (κ2) is 6.24. The van der Waals surface area contributed by atoms with Crippen molar-refractivity contribution in [2.75, 3.05) is 5.32 Å². The molecule has 2 aromatic heterocycles. The number of nitrogens with zero attached hydrogens (tertiary/aromatic N) is 2. The quantitative estimate of drug-likeness (QED) is 0.416. The van der Waals surface area contributed by atoms with Gasteiger partial charge in [-0.2, -0.15) is 0 Å². The Labute approximate surface area is 155 Å². The molecule has 1 N–H and O–H groups in total. The monoisotopic (exact) mass is 353 g/mol. The molecule has 0 aliphatic heterocycles. The van der Waals surface area contributed by atoms with Gasteiger partial charge in [0.15, 0.2) is 0 Å². The highest BCUT2D eigenvalue weighted by atomic mass is 32.1. The van der Waals surface area contributed by atoms with Crippen LogP contribution in [0.25, 0.3) is 31.4 Å². The number of thiophene rings is 1. The molecular formula is C22H15N3S. The van der Waals surface area contributed by atoms with E-state index in [1.807, 2.05) is 6.07 Å². The standard InChI is InChI=1S/C22H15N3S/c1-2-8-16(9-3-1)20-13-18-21(23-14-24-22(18)26-20)25-19-12-6-10-15-7-4-5-11-17(15)19/h1-14H,(H,23,24,25). The van der Waals surface area contributed by atoms with E-state index in [1.165, 1.54) is 21.2 Å². The van der Waals surface area contributed by atoms with E-state index in [9.17, 15) is 0 Å². The second-order valence-electron chi connectivity index (χ2n) is 6.07. The fourth-order valence-corrected chi connectivity index (χ4v) is 4.17. The molecule has 0 atom stereocenters. The fourth-order valence-electron chi connectivity index (χ4n) is 3.16. The largest absolute Gasteiger partial charge is 0.339 e. The van der Waals surface area contributed by atoms with Crippen molar-refractivity contribution in [1.82, 2.24) is 9.97 Å². The van der Waals surface area contributed by atoms with Gasteiger partial charge in [0, 0.05) is 16.0 Å². The van der Waals surface area contributed by atoms with Gasteiger partial charge >= 0.3 is 0 Å². The molecule has 3 aromatic carbocycles. The maximum Gasteiger partial charge on any atom is 0.142 e. The molecule has 0 saturated carbocycles. The van der Waals surface area contributed by atoms with Crippen LogP contribution in [0.1, 0.15) is 0 Å². The smallest absolute Gasteiger partial charge is 0.142 e. The van der Waals surface area contributed by atoms with Crippen LogP contribution in [0.3, 0.4) is 0 Å². The van der Waals surface area contributed by atoms with E-state index in [0.29, 0.717) is 0 Å². The molecule has 0 radical (unpaired) electrons. The Kier molecular flexibility index (Phi) is 3.61. The highest BCUT2D eigenvalue weighted by molar-refractivity contribution is 7.21. The van der Waals surface area contributed by atoms with Gasteiger partial charge in [-0.3, -0.25) is 0 Å². The Bertz CT molecular complexity index is 1210. The minimum Gasteiger partial charge on any atom is -0.339 e. The van der Waals surface area contributed by atoms with Crippen LogP contribution in [0.4, 0.5) is 11.5 Å². The molecular weight excluding hydrogens is 338 g/mol. The third-order valence-corrected chi connectivity index (χ3v) is 5.52. The molecule has 0 aliphatic carbocycles. The molecule has 0 bridgehead atoms. The second-order valence-corrected chi connectivity index (χ2v) is 7.10. The summed E-state index contributed by atoms with van der Waals surface area (Å²) in [6.45, 7) is 0. The van der Waals surface area contributed by atoms with Crippen molar-refractivity contribution in [1.29, 1.82) is 0 Å². The van der Waals surface area contributed by atoms with Gasteiger partial charge in [-0.1, -0.05) is 66.7 Å². The number of hydrogen-bond acceptors (Lipinski definition) is 4. The number of nitrogens with one attached hydrogen (secondary N) is 1. The third kappa shape index (κ3) is 2.61. The molecule has 0 aliphatic rings. The predicted molar refractivity (Wildman–Crippen MR) is 110 cm³/mol. The summed E-state index contributed by atoms with van der Waals surface area (Å²) < 4.78 is 0. The first-order valence-corrected chi connectivity index (χ1v) is 9.25. The number of benzene rings is 3. The van der Waals surface area contributed by atoms with Crippen molar-refractivity contribution >= 4 is 43.8 Å². The van der Waals surface area contributed by atoms with Gasteiger partial charge in [0.25, 0.3) is 0 Å². The molecule has 3 nitrogen and oxygen atoms in total. The molecule has 2 heterocycles. The molecule has 0 spiro atoms. The van der Waals surface area contributed by atoms with E-state index < -0.39 is 0 Å². The number of rotatable bonds is 3.